The fraction of sp³-hybridized carbons (Fsp3) is 0.867. The third kappa shape index (κ3) is 2.12. The normalized spacial score (nSPS) is 42.7. The summed E-state index contributed by atoms with van der Waals surface area (Å²) >= 11 is 0. The van der Waals surface area contributed by atoms with Crippen LogP contribution in [0.3, 0.4) is 0 Å². The molecule has 0 heterocycles. The van der Waals surface area contributed by atoms with Crippen LogP contribution in [0, 0.1) is 23.7 Å². The number of nitrogens with one attached hydrogen (secondary N) is 1. The van der Waals surface area contributed by atoms with Crippen molar-refractivity contribution < 1.29 is 4.74 Å². The lowest BCUT2D eigenvalue weighted by atomic mass is 9.79. The highest BCUT2D eigenvalue weighted by atomic mass is 16.5. The molecule has 3 fully saturated rings. The van der Waals surface area contributed by atoms with Crippen molar-refractivity contribution in [1.82, 2.24) is 5.32 Å². The number of ether oxygens (including phenoxy) is 1. The molecule has 0 aliphatic heterocycles. The summed E-state index contributed by atoms with van der Waals surface area (Å²) in [7, 11) is 0. The minimum atomic E-state index is 0.809. The van der Waals surface area contributed by atoms with Gasteiger partial charge in [-0.25, -0.2) is 0 Å². The van der Waals surface area contributed by atoms with Crippen molar-refractivity contribution in [3.05, 3.63) is 12.8 Å². The van der Waals surface area contributed by atoms with Gasteiger partial charge in [0.1, 0.15) is 0 Å². The van der Waals surface area contributed by atoms with Crippen molar-refractivity contribution in [2.75, 3.05) is 13.2 Å². The van der Waals surface area contributed by atoms with E-state index in [4.69, 9.17) is 4.74 Å². The zero-order valence-corrected chi connectivity index (χ0v) is 10.7. The summed E-state index contributed by atoms with van der Waals surface area (Å²) in [6.45, 7) is 5.48. The van der Waals surface area contributed by atoms with Crippen molar-refractivity contribution in [2.45, 2.75) is 44.6 Å². The summed E-state index contributed by atoms with van der Waals surface area (Å²) in [4.78, 5) is 0. The Kier molecular flexibility index (Phi) is 3.41. The van der Waals surface area contributed by atoms with Gasteiger partial charge in [0.05, 0.1) is 12.9 Å². The quantitative estimate of drug-likeness (QED) is 0.564. The van der Waals surface area contributed by atoms with E-state index in [2.05, 4.69) is 11.9 Å². The highest BCUT2D eigenvalue weighted by molar-refractivity contribution is 5.05. The molecule has 0 aromatic heterocycles. The third-order valence-electron chi connectivity index (χ3n) is 5.39. The number of hydrogen-bond acceptors (Lipinski definition) is 2. The molecule has 3 aliphatic rings. The van der Waals surface area contributed by atoms with Crippen LogP contribution in [0.2, 0.25) is 0 Å². The van der Waals surface area contributed by atoms with Gasteiger partial charge in [-0.1, -0.05) is 13.0 Å². The summed E-state index contributed by atoms with van der Waals surface area (Å²) in [5.41, 5.74) is 0. The van der Waals surface area contributed by atoms with Gasteiger partial charge in [-0.15, -0.1) is 0 Å². The summed E-state index contributed by atoms with van der Waals surface area (Å²) in [5, 5.41) is 3.77. The molecule has 0 spiro atoms. The molecular formula is C15H25NO. The van der Waals surface area contributed by atoms with Crippen molar-refractivity contribution in [3.63, 3.8) is 0 Å². The first kappa shape index (κ1) is 11.6. The molecule has 0 saturated heterocycles. The SMILES string of the molecule is C=COCCCNC1CC2CC1C1CCCC21. The monoisotopic (exact) mass is 235 g/mol. The van der Waals surface area contributed by atoms with Crippen LogP contribution in [0.25, 0.3) is 0 Å². The van der Waals surface area contributed by atoms with Crippen LogP contribution in [0.15, 0.2) is 12.8 Å². The van der Waals surface area contributed by atoms with E-state index in [-0.39, 0.29) is 0 Å². The van der Waals surface area contributed by atoms with Crippen LogP contribution in [-0.2, 0) is 4.74 Å². The van der Waals surface area contributed by atoms with Crippen molar-refractivity contribution in [2.24, 2.45) is 23.7 Å². The van der Waals surface area contributed by atoms with Crippen LogP contribution in [-0.4, -0.2) is 19.2 Å². The zero-order valence-electron chi connectivity index (χ0n) is 10.7. The second kappa shape index (κ2) is 5.01. The van der Waals surface area contributed by atoms with Crippen molar-refractivity contribution >= 4 is 0 Å². The standard InChI is InChI=1S/C15H25NO/c1-2-17-8-4-7-16-15-10-11-9-14(15)13-6-3-5-12(11)13/h2,11-16H,1,3-10H2. The molecule has 3 saturated carbocycles. The average molecular weight is 235 g/mol. The first-order valence-corrected chi connectivity index (χ1v) is 7.36. The van der Waals surface area contributed by atoms with Gasteiger partial charge in [0, 0.05) is 6.04 Å². The molecule has 2 nitrogen and oxygen atoms in total. The summed E-state index contributed by atoms with van der Waals surface area (Å²) < 4.78 is 5.15. The first-order chi connectivity index (χ1) is 8.40. The zero-order chi connectivity index (χ0) is 11.7. The van der Waals surface area contributed by atoms with Crippen LogP contribution >= 0.6 is 0 Å². The maximum absolute atomic E-state index is 5.15. The Bertz CT molecular complexity index is 278. The molecule has 96 valence electrons. The Balaban J connectivity index is 1.43. The van der Waals surface area contributed by atoms with E-state index in [1.165, 1.54) is 32.1 Å². The van der Waals surface area contributed by atoms with Crippen LogP contribution in [0.1, 0.15) is 38.5 Å². The molecule has 0 aromatic rings. The second-order valence-electron chi connectivity index (χ2n) is 6.11. The van der Waals surface area contributed by atoms with Gasteiger partial charge in [0.25, 0.3) is 0 Å². The van der Waals surface area contributed by atoms with Gasteiger partial charge in [-0.3, -0.25) is 0 Å². The minimum absolute atomic E-state index is 0.809. The summed E-state index contributed by atoms with van der Waals surface area (Å²) in [5.74, 6) is 4.26. The molecule has 1 N–H and O–H groups in total. The van der Waals surface area contributed by atoms with E-state index in [0.717, 1.165) is 49.3 Å². The highest BCUT2D eigenvalue weighted by Crippen LogP contribution is 2.58. The third-order valence-corrected chi connectivity index (χ3v) is 5.39. The second-order valence-corrected chi connectivity index (χ2v) is 6.11. The molecule has 2 heteroatoms. The van der Waals surface area contributed by atoms with E-state index in [0.29, 0.717) is 0 Å². The van der Waals surface area contributed by atoms with Gasteiger partial charge in [0.15, 0.2) is 0 Å². The molecule has 5 unspecified atom stereocenters. The minimum Gasteiger partial charge on any atom is -0.502 e. The van der Waals surface area contributed by atoms with E-state index in [9.17, 15) is 0 Å². The van der Waals surface area contributed by atoms with Gasteiger partial charge in [-0.05, 0) is 62.3 Å². The van der Waals surface area contributed by atoms with Crippen LogP contribution in [0.4, 0.5) is 0 Å². The molecule has 0 radical (unpaired) electrons. The lowest BCUT2D eigenvalue weighted by molar-refractivity contribution is 0.200. The summed E-state index contributed by atoms with van der Waals surface area (Å²) in [6, 6.07) is 0.822. The van der Waals surface area contributed by atoms with Crippen molar-refractivity contribution in [1.29, 1.82) is 0 Å². The molecule has 3 aliphatic carbocycles. The fourth-order valence-electron chi connectivity index (χ4n) is 4.83. The lowest BCUT2D eigenvalue weighted by Gasteiger charge is -2.32. The van der Waals surface area contributed by atoms with Crippen LogP contribution in [0.5, 0.6) is 0 Å². The molecule has 3 rings (SSSR count). The predicted octanol–water partition coefficient (Wildman–Crippen LogP) is 2.95. The van der Waals surface area contributed by atoms with Crippen molar-refractivity contribution in [3.8, 4) is 0 Å². The Labute approximate surface area is 105 Å². The largest absolute Gasteiger partial charge is 0.502 e. The molecular weight excluding hydrogens is 210 g/mol. The number of hydrogen-bond donors (Lipinski definition) is 1. The van der Waals surface area contributed by atoms with Gasteiger partial charge < -0.3 is 10.1 Å². The van der Waals surface area contributed by atoms with Gasteiger partial charge >= 0.3 is 0 Å². The van der Waals surface area contributed by atoms with Crippen LogP contribution < -0.4 is 5.32 Å². The Hall–Kier alpha value is -0.500. The van der Waals surface area contributed by atoms with E-state index in [1.54, 1.807) is 6.26 Å². The molecule has 2 bridgehead atoms. The molecule has 0 amide bonds. The number of rotatable bonds is 6. The Morgan fingerprint density at radius 2 is 2.06 bits per heavy atom. The Morgan fingerprint density at radius 1 is 1.18 bits per heavy atom. The smallest absolute Gasteiger partial charge is 0.0885 e. The lowest BCUT2D eigenvalue weighted by Crippen LogP contribution is -2.39. The Morgan fingerprint density at radius 3 is 2.94 bits per heavy atom. The average Bonchev–Trinajstić information content (AvgIpc) is 3.00. The topological polar surface area (TPSA) is 21.3 Å². The molecule has 17 heavy (non-hydrogen) atoms. The van der Waals surface area contributed by atoms with E-state index in [1.807, 2.05) is 0 Å². The first-order valence-electron chi connectivity index (χ1n) is 7.36. The van der Waals surface area contributed by atoms with Gasteiger partial charge in [0.2, 0.25) is 0 Å². The maximum Gasteiger partial charge on any atom is 0.0885 e. The highest BCUT2D eigenvalue weighted by Gasteiger charge is 2.53. The summed E-state index contributed by atoms with van der Waals surface area (Å²) in [6.07, 6.45) is 10.2. The van der Waals surface area contributed by atoms with E-state index < -0.39 is 0 Å². The fourth-order valence-corrected chi connectivity index (χ4v) is 4.83. The van der Waals surface area contributed by atoms with E-state index >= 15 is 0 Å². The molecule has 5 atom stereocenters. The van der Waals surface area contributed by atoms with Gasteiger partial charge in [-0.2, -0.15) is 0 Å². The maximum atomic E-state index is 5.15. The number of fused-ring (bicyclic) bond motifs is 5. The molecule has 0 aromatic carbocycles. The predicted molar refractivity (Wildman–Crippen MR) is 69.6 cm³/mol.